The molecule has 1 aliphatic heterocycles. The molecule has 0 aliphatic carbocycles. The summed E-state index contributed by atoms with van der Waals surface area (Å²) in [5, 5.41) is 15.5. The molecule has 0 saturated carbocycles. The van der Waals surface area contributed by atoms with Crippen molar-refractivity contribution >= 4 is 16.8 Å². The van der Waals surface area contributed by atoms with E-state index in [0.29, 0.717) is 11.6 Å². The summed E-state index contributed by atoms with van der Waals surface area (Å²) in [4.78, 5) is 3.77. The largest absolute Gasteiger partial charge is 0.338 e. The maximum atomic E-state index is 7.61. The highest BCUT2D eigenvalue weighted by Gasteiger charge is 2.33. The van der Waals surface area contributed by atoms with Crippen molar-refractivity contribution in [3.63, 3.8) is 0 Å². The van der Waals surface area contributed by atoms with Gasteiger partial charge in [0.15, 0.2) is 5.70 Å². The third kappa shape index (κ3) is 1.87. The molecule has 0 fully saturated rings. The Labute approximate surface area is 133 Å². The Morgan fingerprint density at radius 3 is 2.87 bits per heavy atom. The van der Waals surface area contributed by atoms with Gasteiger partial charge >= 0.3 is 0 Å². The van der Waals surface area contributed by atoms with Gasteiger partial charge in [0, 0.05) is 22.3 Å². The van der Waals surface area contributed by atoms with Crippen molar-refractivity contribution < 1.29 is 4.52 Å². The number of aryl methyl sites for hydroxylation is 2. The number of hydrogen-bond acceptors (Lipinski definition) is 4. The fourth-order valence-electron chi connectivity index (χ4n) is 3.20. The van der Waals surface area contributed by atoms with E-state index in [-0.39, 0.29) is 5.92 Å². The first kappa shape index (κ1) is 13.6. The van der Waals surface area contributed by atoms with Gasteiger partial charge in [-0.3, -0.25) is 5.10 Å². The van der Waals surface area contributed by atoms with E-state index in [1.54, 1.807) is 0 Å². The Hall–Kier alpha value is -3.07. The zero-order valence-corrected chi connectivity index (χ0v) is 13.1. The molecule has 1 atom stereocenters. The standard InChI is InChI=1S/C17H15N5O/c1-8-12-7-11(5-6-13(12)21-20-8)15-14-9(2)22-23-17(14)19-10(3)16(15)18-4/h5-7,15,19H,1-3H3,(H,20,21). The average molecular weight is 305 g/mol. The van der Waals surface area contributed by atoms with Crippen molar-refractivity contribution in [1.29, 1.82) is 0 Å². The average Bonchev–Trinajstić information content (AvgIpc) is 3.09. The van der Waals surface area contributed by atoms with Crippen LogP contribution in [-0.2, 0) is 0 Å². The number of nitrogens with one attached hydrogen (secondary N) is 2. The van der Waals surface area contributed by atoms with E-state index in [0.717, 1.165) is 39.1 Å². The van der Waals surface area contributed by atoms with E-state index in [2.05, 4.69) is 31.6 Å². The van der Waals surface area contributed by atoms with Crippen molar-refractivity contribution in [2.75, 3.05) is 5.32 Å². The summed E-state index contributed by atoms with van der Waals surface area (Å²) in [5.74, 6) is 0.454. The smallest absolute Gasteiger partial charge is 0.230 e. The molecule has 0 amide bonds. The van der Waals surface area contributed by atoms with E-state index in [1.807, 2.05) is 32.9 Å². The van der Waals surface area contributed by atoms with Crippen LogP contribution < -0.4 is 5.32 Å². The molecular weight excluding hydrogens is 290 g/mol. The number of nitrogens with zero attached hydrogens (tertiary/aromatic N) is 3. The van der Waals surface area contributed by atoms with Crippen molar-refractivity contribution in [3.05, 3.63) is 63.5 Å². The van der Waals surface area contributed by atoms with E-state index >= 15 is 0 Å². The fourth-order valence-corrected chi connectivity index (χ4v) is 3.20. The predicted octanol–water partition coefficient (Wildman–Crippen LogP) is 3.88. The number of fused-ring (bicyclic) bond motifs is 2. The lowest BCUT2D eigenvalue weighted by atomic mass is 9.85. The molecule has 1 aromatic carbocycles. The molecule has 3 heterocycles. The zero-order chi connectivity index (χ0) is 16.1. The molecule has 1 aliphatic rings. The Morgan fingerprint density at radius 1 is 1.26 bits per heavy atom. The molecule has 0 bridgehead atoms. The minimum absolute atomic E-state index is 0.173. The van der Waals surface area contributed by atoms with E-state index < -0.39 is 0 Å². The van der Waals surface area contributed by atoms with Gasteiger partial charge in [0.05, 0.1) is 23.7 Å². The summed E-state index contributed by atoms with van der Waals surface area (Å²) in [6.07, 6.45) is 0. The van der Waals surface area contributed by atoms with E-state index in [9.17, 15) is 0 Å². The summed E-state index contributed by atoms with van der Waals surface area (Å²) in [5.41, 5.74) is 6.19. The molecule has 3 aromatic rings. The van der Waals surface area contributed by atoms with Crippen molar-refractivity contribution in [3.8, 4) is 0 Å². The van der Waals surface area contributed by atoms with Gasteiger partial charge < -0.3 is 9.84 Å². The Morgan fingerprint density at radius 2 is 2.09 bits per heavy atom. The van der Waals surface area contributed by atoms with Crippen molar-refractivity contribution in [2.24, 2.45) is 0 Å². The SMILES string of the molecule is [C-]#[N+]C1=C(C)Nc2onc(C)c2C1c1ccc2n[nH]c(C)c2c1. The minimum Gasteiger partial charge on any atom is -0.338 e. The van der Waals surface area contributed by atoms with Crippen LogP contribution in [0.25, 0.3) is 15.7 Å². The molecule has 0 saturated heterocycles. The summed E-state index contributed by atoms with van der Waals surface area (Å²) >= 11 is 0. The minimum atomic E-state index is -0.173. The lowest BCUT2D eigenvalue weighted by molar-refractivity contribution is 0.428. The van der Waals surface area contributed by atoms with Crippen LogP contribution in [0, 0.1) is 20.4 Å². The third-order valence-corrected chi connectivity index (χ3v) is 4.38. The van der Waals surface area contributed by atoms with Gasteiger partial charge in [-0.25, -0.2) is 4.85 Å². The summed E-state index contributed by atoms with van der Waals surface area (Å²) < 4.78 is 5.38. The Kier molecular flexibility index (Phi) is 2.78. The number of benzene rings is 1. The summed E-state index contributed by atoms with van der Waals surface area (Å²) in [6, 6.07) is 6.10. The maximum Gasteiger partial charge on any atom is 0.230 e. The van der Waals surface area contributed by atoms with Crippen LogP contribution in [0.2, 0.25) is 0 Å². The number of anilines is 1. The van der Waals surface area contributed by atoms with Gasteiger partial charge in [-0.05, 0) is 38.5 Å². The molecule has 6 heteroatoms. The molecule has 23 heavy (non-hydrogen) atoms. The van der Waals surface area contributed by atoms with Crippen LogP contribution in [-0.4, -0.2) is 15.4 Å². The first-order chi connectivity index (χ1) is 11.1. The van der Waals surface area contributed by atoms with Crippen LogP contribution >= 0.6 is 0 Å². The van der Waals surface area contributed by atoms with E-state index in [4.69, 9.17) is 11.1 Å². The number of hydrogen-bond donors (Lipinski definition) is 2. The maximum absolute atomic E-state index is 7.61. The monoisotopic (exact) mass is 305 g/mol. The van der Waals surface area contributed by atoms with Crippen molar-refractivity contribution in [2.45, 2.75) is 26.7 Å². The Bertz CT molecular complexity index is 1000. The molecule has 2 N–H and O–H groups in total. The van der Waals surface area contributed by atoms with Crippen LogP contribution in [0.4, 0.5) is 5.88 Å². The molecule has 0 spiro atoms. The van der Waals surface area contributed by atoms with Gasteiger partial charge in [-0.2, -0.15) is 5.10 Å². The first-order valence-corrected chi connectivity index (χ1v) is 7.36. The summed E-state index contributed by atoms with van der Waals surface area (Å²) in [7, 11) is 0. The number of rotatable bonds is 1. The van der Waals surface area contributed by atoms with Gasteiger partial charge in [0.2, 0.25) is 5.88 Å². The van der Waals surface area contributed by atoms with E-state index in [1.165, 1.54) is 0 Å². The normalized spacial score (nSPS) is 17.0. The van der Waals surface area contributed by atoms with Crippen LogP contribution in [0.3, 0.4) is 0 Å². The molecule has 6 nitrogen and oxygen atoms in total. The van der Waals surface area contributed by atoms with Crippen LogP contribution in [0.15, 0.2) is 34.1 Å². The number of aromatic amines is 1. The third-order valence-electron chi connectivity index (χ3n) is 4.38. The molecule has 0 radical (unpaired) electrons. The second kappa shape index (κ2) is 4.71. The number of H-pyrrole nitrogens is 1. The molecule has 1 unspecified atom stereocenters. The zero-order valence-electron chi connectivity index (χ0n) is 13.1. The van der Waals surface area contributed by atoms with Gasteiger partial charge in [-0.1, -0.05) is 11.2 Å². The quantitative estimate of drug-likeness (QED) is 0.669. The highest BCUT2D eigenvalue weighted by Crippen LogP contribution is 2.44. The fraction of sp³-hybridized carbons (Fsp3) is 0.235. The van der Waals surface area contributed by atoms with Crippen molar-refractivity contribution in [1.82, 2.24) is 15.4 Å². The summed E-state index contributed by atoms with van der Waals surface area (Å²) in [6.45, 7) is 13.4. The van der Waals surface area contributed by atoms with Crippen LogP contribution in [0.1, 0.15) is 35.4 Å². The lowest BCUT2D eigenvalue weighted by Gasteiger charge is -2.24. The molecular formula is C17H15N5O. The van der Waals surface area contributed by atoms with Crippen LogP contribution in [0.5, 0.6) is 0 Å². The topological polar surface area (TPSA) is 71.1 Å². The number of allylic oxidation sites excluding steroid dienone is 2. The Balaban J connectivity index is 1.98. The van der Waals surface area contributed by atoms with Gasteiger partial charge in [0.25, 0.3) is 0 Å². The predicted molar refractivity (Wildman–Crippen MR) is 86.8 cm³/mol. The van der Waals surface area contributed by atoms with Gasteiger partial charge in [0.1, 0.15) is 0 Å². The highest BCUT2D eigenvalue weighted by molar-refractivity contribution is 5.82. The second-order valence-corrected chi connectivity index (χ2v) is 5.82. The first-order valence-electron chi connectivity index (χ1n) is 7.36. The second-order valence-electron chi connectivity index (χ2n) is 5.82. The molecule has 2 aromatic heterocycles. The molecule has 4 rings (SSSR count). The molecule has 114 valence electrons. The lowest BCUT2D eigenvalue weighted by Crippen LogP contribution is -2.15. The highest BCUT2D eigenvalue weighted by atomic mass is 16.5. The van der Waals surface area contributed by atoms with Gasteiger partial charge in [-0.15, -0.1) is 0 Å². The number of aromatic nitrogens is 3.